The number of carbonyl (C=O) groups is 2. The van der Waals surface area contributed by atoms with Crippen LogP contribution in [0.15, 0.2) is 48.8 Å². The van der Waals surface area contributed by atoms with Crippen LogP contribution in [0.2, 0.25) is 0 Å². The minimum atomic E-state index is -2.92. The van der Waals surface area contributed by atoms with Gasteiger partial charge in [0.2, 0.25) is 11.8 Å². The van der Waals surface area contributed by atoms with E-state index in [2.05, 4.69) is 60.4 Å². The number of aromatic nitrogens is 4. The van der Waals surface area contributed by atoms with Crippen molar-refractivity contribution in [1.29, 1.82) is 0 Å². The van der Waals surface area contributed by atoms with Crippen LogP contribution in [0.5, 0.6) is 0 Å². The number of carbonyl (C=O) groups excluding carboxylic acids is 2. The van der Waals surface area contributed by atoms with Gasteiger partial charge in [0, 0.05) is 78.9 Å². The lowest BCUT2D eigenvalue weighted by Gasteiger charge is -2.32. The molecule has 0 radical (unpaired) electrons. The Morgan fingerprint density at radius 3 is 1.51 bits per heavy atom. The highest BCUT2D eigenvalue weighted by molar-refractivity contribution is 7.90. The molecule has 57 heavy (non-hydrogen) atoms. The van der Waals surface area contributed by atoms with Gasteiger partial charge in [0.1, 0.15) is 9.84 Å². The average molecular weight is 819 g/mol. The molecule has 13 heteroatoms. The first-order valence-electron chi connectivity index (χ1n) is 20.5. The Morgan fingerprint density at radius 1 is 0.684 bits per heavy atom. The molecule has 2 aromatic heterocycles. The molecule has 11 nitrogen and oxygen atoms in total. The molecule has 308 valence electrons. The van der Waals surface area contributed by atoms with Crippen molar-refractivity contribution in [3.05, 3.63) is 93.6 Å². The SMILES string of the molecule is Cc1ccc2c(c1)Cc1c(cnn1C)CN2C(=O)C1CCC(CCS(C)(=O)=O)CC1.Cc1ccc2c(c1)Cc1c(cnn1C)CN2C(=O)C1CCC(CN)CC1.Cl. The zero-order valence-corrected chi connectivity index (χ0v) is 35.9. The van der Waals surface area contributed by atoms with Gasteiger partial charge in [-0.15, -0.1) is 12.4 Å². The van der Waals surface area contributed by atoms with Crippen LogP contribution in [0.25, 0.3) is 0 Å². The standard InChI is InChI=1S/C23H31N3O3S.C21H28N4O.ClH/c1-16-4-9-21-19(12-16)13-22-20(14-24-25(22)2)15-26(21)23(27)18-7-5-17(6-8-18)10-11-30(3,28)29;1-14-3-8-19-17(9-14)10-20-18(12-23-24(20)2)13-25(19)21(26)16-6-4-15(11-22)5-7-16;/h4,9,12,14,17-18H,5-8,10-11,13,15H2,1-3H3;3,8-9,12,15-16H,4-7,10-11,13,22H2,1-2H3;1H. The first-order valence-corrected chi connectivity index (χ1v) is 22.5. The van der Waals surface area contributed by atoms with Crippen LogP contribution < -0.4 is 15.5 Å². The van der Waals surface area contributed by atoms with Gasteiger partial charge in [-0.3, -0.25) is 19.0 Å². The van der Waals surface area contributed by atoms with E-state index in [-0.39, 0.29) is 41.8 Å². The smallest absolute Gasteiger partial charge is 0.230 e. The van der Waals surface area contributed by atoms with Gasteiger partial charge >= 0.3 is 0 Å². The zero-order valence-electron chi connectivity index (χ0n) is 34.2. The topological polar surface area (TPSA) is 136 Å². The third kappa shape index (κ3) is 9.66. The summed E-state index contributed by atoms with van der Waals surface area (Å²) in [4.78, 5) is 31.0. The molecular formula is C44H60ClN7O4S. The molecule has 2 N–H and O–H groups in total. The third-order valence-electron chi connectivity index (χ3n) is 12.9. The molecule has 0 bridgehead atoms. The van der Waals surface area contributed by atoms with Crippen molar-refractivity contribution in [1.82, 2.24) is 19.6 Å². The summed E-state index contributed by atoms with van der Waals surface area (Å²) in [6, 6.07) is 12.8. The van der Waals surface area contributed by atoms with Gasteiger partial charge < -0.3 is 15.5 Å². The third-order valence-corrected chi connectivity index (χ3v) is 13.9. The molecule has 2 amide bonds. The second-order valence-corrected chi connectivity index (χ2v) is 19.3. The highest BCUT2D eigenvalue weighted by Gasteiger charge is 2.35. The number of benzene rings is 2. The molecule has 2 aliphatic carbocycles. The van der Waals surface area contributed by atoms with E-state index in [0.29, 0.717) is 31.3 Å². The Hall–Kier alpha value is -4.00. The molecule has 4 aliphatic rings. The Morgan fingerprint density at radius 2 is 1.11 bits per heavy atom. The van der Waals surface area contributed by atoms with Crippen molar-refractivity contribution in [3.8, 4) is 0 Å². The van der Waals surface area contributed by atoms with Crippen LogP contribution in [0.4, 0.5) is 11.4 Å². The number of hydrogen-bond donors (Lipinski definition) is 1. The number of aryl methyl sites for hydroxylation is 4. The number of halogens is 1. The summed E-state index contributed by atoms with van der Waals surface area (Å²) in [7, 11) is 1.03. The predicted molar refractivity (Wildman–Crippen MR) is 228 cm³/mol. The minimum Gasteiger partial charge on any atom is -0.330 e. The number of nitrogens with two attached hydrogens (primary N) is 1. The van der Waals surface area contributed by atoms with Crippen LogP contribution in [0.3, 0.4) is 0 Å². The van der Waals surface area contributed by atoms with Crippen LogP contribution in [-0.4, -0.2) is 58.3 Å². The Kier molecular flexibility index (Phi) is 13.4. The number of hydrogen-bond acceptors (Lipinski definition) is 7. The van der Waals surface area contributed by atoms with Crippen molar-refractivity contribution in [2.75, 3.05) is 28.4 Å². The number of anilines is 2. The molecule has 2 aromatic carbocycles. The highest BCUT2D eigenvalue weighted by Crippen LogP contribution is 2.38. The van der Waals surface area contributed by atoms with Crippen molar-refractivity contribution in [2.24, 2.45) is 43.5 Å². The van der Waals surface area contributed by atoms with E-state index in [9.17, 15) is 18.0 Å². The van der Waals surface area contributed by atoms with E-state index in [1.165, 1.54) is 39.9 Å². The summed E-state index contributed by atoms with van der Waals surface area (Å²) >= 11 is 0. The molecule has 4 aromatic rings. The normalized spacial score (nSPS) is 21.6. The maximum absolute atomic E-state index is 13.6. The average Bonchev–Trinajstić information content (AvgIpc) is 3.58. The van der Waals surface area contributed by atoms with E-state index in [1.807, 2.05) is 45.7 Å². The summed E-state index contributed by atoms with van der Waals surface area (Å²) in [5.41, 5.74) is 17.4. The number of rotatable bonds is 6. The van der Waals surface area contributed by atoms with Crippen LogP contribution in [-0.2, 0) is 59.5 Å². The number of amides is 2. The second kappa shape index (κ2) is 17.9. The monoisotopic (exact) mass is 817 g/mol. The van der Waals surface area contributed by atoms with Crippen molar-refractivity contribution >= 4 is 45.4 Å². The molecule has 2 saturated carbocycles. The molecule has 2 fully saturated rings. The van der Waals surface area contributed by atoms with E-state index in [0.717, 1.165) is 93.3 Å². The lowest BCUT2D eigenvalue weighted by atomic mass is 9.80. The number of fused-ring (bicyclic) bond motifs is 4. The van der Waals surface area contributed by atoms with Crippen molar-refractivity contribution < 1.29 is 18.0 Å². The van der Waals surface area contributed by atoms with E-state index in [4.69, 9.17) is 5.73 Å². The van der Waals surface area contributed by atoms with Crippen molar-refractivity contribution in [2.45, 2.75) is 97.6 Å². The maximum Gasteiger partial charge on any atom is 0.230 e. The van der Waals surface area contributed by atoms with Gasteiger partial charge in [-0.05, 0) is 113 Å². The largest absolute Gasteiger partial charge is 0.330 e. The Labute approximate surface area is 344 Å². The first kappa shape index (κ1) is 42.6. The number of sulfone groups is 1. The summed E-state index contributed by atoms with van der Waals surface area (Å²) in [5.74, 6) is 1.83. The lowest BCUT2D eigenvalue weighted by Crippen LogP contribution is -2.38. The molecular weight excluding hydrogens is 758 g/mol. The van der Waals surface area contributed by atoms with Crippen molar-refractivity contribution in [3.63, 3.8) is 0 Å². The summed E-state index contributed by atoms with van der Waals surface area (Å²) in [5, 5.41) is 8.85. The first-order chi connectivity index (χ1) is 26.8. The zero-order chi connectivity index (χ0) is 39.7. The molecule has 0 spiro atoms. The summed E-state index contributed by atoms with van der Waals surface area (Å²) < 4.78 is 26.8. The summed E-state index contributed by atoms with van der Waals surface area (Å²) in [6.45, 7) is 6.11. The predicted octanol–water partition coefficient (Wildman–Crippen LogP) is 6.76. The van der Waals surface area contributed by atoms with Gasteiger partial charge in [-0.25, -0.2) is 8.42 Å². The lowest BCUT2D eigenvalue weighted by molar-refractivity contribution is -0.124. The molecule has 8 rings (SSSR count). The number of nitrogens with zero attached hydrogens (tertiary/aromatic N) is 6. The Balaban J connectivity index is 0.000000191. The van der Waals surface area contributed by atoms with E-state index in [1.54, 1.807) is 0 Å². The maximum atomic E-state index is 13.6. The van der Waals surface area contributed by atoms with Gasteiger partial charge in [-0.2, -0.15) is 10.2 Å². The fraction of sp³-hybridized carbons (Fsp3) is 0.545. The van der Waals surface area contributed by atoms with Gasteiger partial charge in [0.15, 0.2) is 0 Å². The summed E-state index contributed by atoms with van der Waals surface area (Å²) in [6.07, 6.45) is 15.0. The Bertz CT molecular complexity index is 2180. The van der Waals surface area contributed by atoms with Gasteiger partial charge in [-0.1, -0.05) is 35.4 Å². The molecule has 0 saturated heterocycles. The fourth-order valence-corrected chi connectivity index (χ4v) is 10.2. The van der Waals surface area contributed by atoms with E-state index >= 15 is 0 Å². The fourth-order valence-electron chi connectivity index (χ4n) is 9.40. The van der Waals surface area contributed by atoms with E-state index < -0.39 is 9.84 Å². The van der Waals surface area contributed by atoms with Crippen LogP contribution in [0, 0.1) is 37.5 Å². The highest BCUT2D eigenvalue weighted by atomic mass is 35.5. The van der Waals surface area contributed by atoms with Gasteiger partial charge in [0.25, 0.3) is 0 Å². The second-order valence-electron chi connectivity index (χ2n) is 17.0. The van der Waals surface area contributed by atoms with Crippen LogP contribution in [0.1, 0.15) is 103 Å². The molecule has 4 heterocycles. The van der Waals surface area contributed by atoms with Gasteiger partial charge in [0.05, 0.1) is 31.2 Å². The molecule has 2 aliphatic heterocycles. The van der Waals surface area contributed by atoms with Crippen LogP contribution >= 0.6 is 12.4 Å². The quantitative estimate of drug-likeness (QED) is 0.227. The molecule has 0 atom stereocenters. The minimum absolute atomic E-state index is 0. The molecule has 0 unspecified atom stereocenters.